The molecule has 18 heavy (non-hydrogen) atoms. The molecule has 100 valence electrons. The van der Waals surface area contributed by atoms with Crippen molar-refractivity contribution >= 4 is 5.97 Å². The number of aromatic nitrogens is 3. The van der Waals surface area contributed by atoms with Gasteiger partial charge in [0.2, 0.25) is 0 Å². The van der Waals surface area contributed by atoms with Crippen LogP contribution in [0.2, 0.25) is 0 Å². The first-order valence-corrected chi connectivity index (χ1v) is 6.14. The van der Waals surface area contributed by atoms with Crippen LogP contribution in [0.15, 0.2) is 6.33 Å². The van der Waals surface area contributed by atoms with Gasteiger partial charge < -0.3 is 14.6 Å². The van der Waals surface area contributed by atoms with Crippen molar-refractivity contribution in [3.8, 4) is 0 Å². The van der Waals surface area contributed by atoms with E-state index in [9.17, 15) is 4.79 Å². The molecule has 0 spiro atoms. The third kappa shape index (κ3) is 3.51. The summed E-state index contributed by atoms with van der Waals surface area (Å²) in [4.78, 5) is 15.0. The van der Waals surface area contributed by atoms with Crippen LogP contribution < -0.4 is 0 Å². The van der Waals surface area contributed by atoms with E-state index in [1.807, 2.05) is 11.6 Å². The van der Waals surface area contributed by atoms with Gasteiger partial charge in [0.25, 0.3) is 0 Å². The van der Waals surface area contributed by atoms with E-state index in [1.165, 1.54) is 0 Å². The number of rotatable bonds is 5. The monoisotopic (exact) mass is 253 g/mol. The SMILES string of the molecule is Cn1cnnc1CN1CCN(CCC(=O)O)CC1. The van der Waals surface area contributed by atoms with E-state index in [1.54, 1.807) is 6.33 Å². The molecule has 2 rings (SSSR count). The Morgan fingerprint density at radius 3 is 2.56 bits per heavy atom. The molecule has 0 atom stereocenters. The molecule has 1 aromatic heterocycles. The lowest BCUT2D eigenvalue weighted by atomic mass is 10.3. The minimum atomic E-state index is -0.725. The second kappa shape index (κ2) is 5.92. The van der Waals surface area contributed by atoms with Crippen LogP contribution in [0.5, 0.6) is 0 Å². The Kier molecular flexibility index (Phi) is 4.27. The fraction of sp³-hybridized carbons (Fsp3) is 0.727. The van der Waals surface area contributed by atoms with E-state index in [0.29, 0.717) is 6.54 Å². The zero-order chi connectivity index (χ0) is 13.0. The molecule has 0 unspecified atom stereocenters. The third-order valence-corrected chi connectivity index (χ3v) is 3.28. The van der Waals surface area contributed by atoms with E-state index < -0.39 is 5.97 Å². The summed E-state index contributed by atoms with van der Waals surface area (Å²) >= 11 is 0. The second-order valence-electron chi connectivity index (χ2n) is 4.62. The first kappa shape index (κ1) is 13.0. The quantitative estimate of drug-likeness (QED) is 0.756. The summed E-state index contributed by atoms with van der Waals surface area (Å²) in [6.07, 6.45) is 1.93. The van der Waals surface area contributed by atoms with Crippen molar-refractivity contribution in [1.29, 1.82) is 0 Å². The highest BCUT2D eigenvalue weighted by atomic mass is 16.4. The van der Waals surface area contributed by atoms with Crippen LogP contribution in [0.3, 0.4) is 0 Å². The van der Waals surface area contributed by atoms with Crippen LogP contribution in [-0.2, 0) is 18.4 Å². The Hall–Kier alpha value is -1.47. The van der Waals surface area contributed by atoms with Crippen LogP contribution in [0, 0.1) is 0 Å². The van der Waals surface area contributed by atoms with Gasteiger partial charge >= 0.3 is 5.97 Å². The zero-order valence-corrected chi connectivity index (χ0v) is 10.6. The van der Waals surface area contributed by atoms with Gasteiger partial charge in [-0.1, -0.05) is 0 Å². The smallest absolute Gasteiger partial charge is 0.304 e. The number of hydrogen-bond donors (Lipinski definition) is 1. The molecular weight excluding hydrogens is 234 g/mol. The van der Waals surface area contributed by atoms with Gasteiger partial charge in [-0.3, -0.25) is 9.69 Å². The van der Waals surface area contributed by atoms with Crippen LogP contribution in [0.25, 0.3) is 0 Å². The van der Waals surface area contributed by atoms with Crippen molar-refractivity contribution in [2.45, 2.75) is 13.0 Å². The van der Waals surface area contributed by atoms with Gasteiger partial charge in [0, 0.05) is 39.8 Å². The number of hydrogen-bond acceptors (Lipinski definition) is 5. The maximum Gasteiger partial charge on any atom is 0.304 e. The molecule has 1 fully saturated rings. The molecule has 1 aromatic rings. The summed E-state index contributed by atoms with van der Waals surface area (Å²) in [5.41, 5.74) is 0. The van der Waals surface area contributed by atoms with Gasteiger partial charge in [0.05, 0.1) is 13.0 Å². The summed E-state index contributed by atoms with van der Waals surface area (Å²) in [6.45, 7) is 5.20. The minimum Gasteiger partial charge on any atom is -0.481 e. The average molecular weight is 253 g/mol. The first-order valence-electron chi connectivity index (χ1n) is 6.14. The van der Waals surface area contributed by atoms with Crippen molar-refractivity contribution in [2.24, 2.45) is 7.05 Å². The summed E-state index contributed by atoms with van der Waals surface area (Å²) in [7, 11) is 1.94. The van der Waals surface area contributed by atoms with E-state index in [0.717, 1.165) is 38.5 Å². The molecule has 0 amide bonds. The number of carbonyl (C=O) groups is 1. The molecule has 1 aliphatic rings. The highest BCUT2D eigenvalue weighted by Gasteiger charge is 2.18. The lowest BCUT2D eigenvalue weighted by Gasteiger charge is -2.34. The minimum absolute atomic E-state index is 0.225. The molecule has 1 N–H and O–H groups in total. The van der Waals surface area contributed by atoms with Crippen molar-refractivity contribution in [3.63, 3.8) is 0 Å². The predicted octanol–water partition coefficient (Wildman–Crippen LogP) is -0.593. The van der Waals surface area contributed by atoms with Gasteiger partial charge in [-0.15, -0.1) is 10.2 Å². The van der Waals surface area contributed by atoms with Crippen LogP contribution >= 0.6 is 0 Å². The van der Waals surface area contributed by atoms with Gasteiger partial charge in [0.1, 0.15) is 12.2 Å². The average Bonchev–Trinajstić information content (AvgIpc) is 2.74. The molecule has 0 aliphatic carbocycles. The van der Waals surface area contributed by atoms with E-state index in [2.05, 4.69) is 20.0 Å². The van der Waals surface area contributed by atoms with E-state index in [4.69, 9.17) is 5.11 Å². The zero-order valence-electron chi connectivity index (χ0n) is 10.6. The molecule has 7 nitrogen and oxygen atoms in total. The number of carboxylic acid groups (broad SMARTS) is 1. The standard InChI is InChI=1S/C11H19N5O2/c1-14-9-12-13-10(14)8-16-6-4-15(5-7-16)3-2-11(17)18/h9H,2-8H2,1H3,(H,17,18). The Morgan fingerprint density at radius 2 is 2.00 bits per heavy atom. The highest BCUT2D eigenvalue weighted by Crippen LogP contribution is 2.06. The molecule has 0 aromatic carbocycles. The second-order valence-corrected chi connectivity index (χ2v) is 4.62. The van der Waals surface area contributed by atoms with E-state index >= 15 is 0 Å². The van der Waals surface area contributed by atoms with Crippen molar-refractivity contribution < 1.29 is 9.90 Å². The number of piperazine rings is 1. The molecule has 1 aliphatic heterocycles. The summed E-state index contributed by atoms with van der Waals surface area (Å²) in [5, 5.41) is 16.6. The number of aryl methyl sites for hydroxylation is 1. The molecule has 0 saturated carbocycles. The van der Waals surface area contributed by atoms with Crippen molar-refractivity contribution in [1.82, 2.24) is 24.6 Å². The molecule has 1 saturated heterocycles. The van der Waals surface area contributed by atoms with Crippen LogP contribution in [0.1, 0.15) is 12.2 Å². The lowest BCUT2D eigenvalue weighted by Crippen LogP contribution is -2.46. The number of nitrogens with zero attached hydrogens (tertiary/aromatic N) is 5. The van der Waals surface area contributed by atoms with E-state index in [-0.39, 0.29) is 6.42 Å². The Labute approximate surface area is 106 Å². The predicted molar refractivity (Wildman–Crippen MR) is 65.0 cm³/mol. The van der Waals surface area contributed by atoms with Gasteiger partial charge in [-0.25, -0.2) is 0 Å². The molecule has 0 bridgehead atoms. The fourth-order valence-corrected chi connectivity index (χ4v) is 2.08. The Bertz CT molecular complexity index is 398. The largest absolute Gasteiger partial charge is 0.481 e. The molecule has 7 heteroatoms. The lowest BCUT2D eigenvalue weighted by molar-refractivity contribution is -0.137. The maximum atomic E-state index is 10.5. The summed E-state index contributed by atoms with van der Waals surface area (Å²) < 4.78 is 1.93. The van der Waals surface area contributed by atoms with Gasteiger partial charge in [-0.2, -0.15) is 0 Å². The fourth-order valence-electron chi connectivity index (χ4n) is 2.08. The molecular formula is C11H19N5O2. The van der Waals surface area contributed by atoms with Crippen LogP contribution in [0.4, 0.5) is 0 Å². The van der Waals surface area contributed by atoms with Crippen LogP contribution in [-0.4, -0.2) is 68.4 Å². The molecule has 2 heterocycles. The topological polar surface area (TPSA) is 74.5 Å². The normalized spacial score (nSPS) is 18.1. The highest BCUT2D eigenvalue weighted by molar-refractivity contribution is 5.66. The first-order chi connectivity index (χ1) is 8.65. The Morgan fingerprint density at radius 1 is 1.33 bits per heavy atom. The summed E-state index contributed by atoms with van der Waals surface area (Å²) in [5.74, 6) is 0.241. The molecule has 0 radical (unpaired) electrons. The number of carboxylic acids is 1. The maximum absolute atomic E-state index is 10.5. The van der Waals surface area contributed by atoms with Gasteiger partial charge in [-0.05, 0) is 0 Å². The Balaban J connectivity index is 1.73. The summed E-state index contributed by atoms with van der Waals surface area (Å²) in [6, 6.07) is 0. The third-order valence-electron chi connectivity index (χ3n) is 3.28. The van der Waals surface area contributed by atoms with Gasteiger partial charge in [0.15, 0.2) is 0 Å². The van der Waals surface area contributed by atoms with Crippen molar-refractivity contribution in [3.05, 3.63) is 12.2 Å². The van der Waals surface area contributed by atoms with Crippen molar-refractivity contribution in [2.75, 3.05) is 32.7 Å². The number of aliphatic carboxylic acids is 1.